The molecule has 1 saturated heterocycles. The molecule has 34 heavy (non-hydrogen) atoms. The normalized spacial score (nSPS) is 17.7. The molecule has 1 heterocycles. The molecule has 2 aromatic rings. The van der Waals surface area contributed by atoms with Crippen LogP contribution in [0.15, 0.2) is 48.5 Å². The third-order valence-corrected chi connectivity index (χ3v) is 5.81. The SMILES string of the molecule is O=C1CC(C(=O)O)N(C(=O)C(CC(F)F)NC(=O)OCC2c3ccccc3-c3ccccc32)N1. The number of hydrogen-bond acceptors (Lipinski definition) is 5. The average molecular weight is 473 g/mol. The molecule has 2 atom stereocenters. The molecule has 3 amide bonds. The van der Waals surface area contributed by atoms with Gasteiger partial charge in [-0.3, -0.25) is 15.0 Å². The first-order valence-corrected chi connectivity index (χ1v) is 10.5. The molecule has 3 N–H and O–H groups in total. The summed E-state index contributed by atoms with van der Waals surface area (Å²) < 4.78 is 31.5. The standard InChI is InChI=1S/C23H21F2N3O6/c24-19(25)9-17(21(30)28-18(22(31)32)10-20(29)27-28)26-23(33)34-11-16-14-7-3-1-5-12(14)13-6-2-4-8-15(13)16/h1-8,16-19H,9-11H2,(H,26,33)(H,27,29)(H,31,32). The number of amides is 3. The molecule has 2 aliphatic rings. The van der Waals surface area contributed by atoms with Gasteiger partial charge in [0.25, 0.3) is 5.91 Å². The number of alkyl halides is 2. The fourth-order valence-electron chi connectivity index (χ4n) is 4.28. The van der Waals surface area contributed by atoms with Crippen LogP contribution in [-0.2, 0) is 19.1 Å². The number of carbonyl (C=O) groups excluding carboxylic acids is 3. The van der Waals surface area contributed by atoms with Crippen molar-refractivity contribution in [2.45, 2.75) is 37.3 Å². The third kappa shape index (κ3) is 4.54. The average Bonchev–Trinajstić information content (AvgIpc) is 3.35. The van der Waals surface area contributed by atoms with E-state index in [0.29, 0.717) is 5.01 Å². The summed E-state index contributed by atoms with van der Waals surface area (Å²) in [5, 5.41) is 11.8. The second-order valence-electron chi connectivity index (χ2n) is 7.95. The van der Waals surface area contributed by atoms with Crippen molar-refractivity contribution in [2.75, 3.05) is 6.61 Å². The number of fused-ring (bicyclic) bond motifs is 3. The highest BCUT2D eigenvalue weighted by molar-refractivity contribution is 5.96. The Morgan fingerprint density at radius 2 is 1.68 bits per heavy atom. The molecule has 1 aliphatic heterocycles. The number of ether oxygens (including phenoxy) is 1. The lowest BCUT2D eigenvalue weighted by molar-refractivity contribution is -0.151. The van der Waals surface area contributed by atoms with Crippen molar-refractivity contribution in [2.24, 2.45) is 0 Å². The van der Waals surface area contributed by atoms with Crippen LogP contribution in [0.3, 0.4) is 0 Å². The minimum atomic E-state index is -2.98. The van der Waals surface area contributed by atoms with Gasteiger partial charge in [0.1, 0.15) is 12.6 Å². The lowest BCUT2D eigenvalue weighted by Gasteiger charge is -2.26. The monoisotopic (exact) mass is 473 g/mol. The van der Waals surface area contributed by atoms with Crippen LogP contribution < -0.4 is 10.7 Å². The first-order chi connectivity index (χ1) is 16.3. The van der Waals surface area contributed by atoms with Gasteiger partial charge in [-0.05, 0) is 22.3 Å². The Labute approximate surface area is 192 Å². The molecular formula is C23H21F2N3O6. The van der Waals surface area contributed by atoms with Gasteiger partial charge in [0.05, 0.1) is 6.42 Å². The lowest BCUT2D eigenvalue weighted by atomic mass is 9.98. The Morgan fingerprint density at radius 3 is 2.24 bits per heavy atom. The molecule has 178 valence electrons. The van der Waals surface area contributed by atoms with E-state index in [1.807, 2.05) is 54.0 Å². The van der Waals surface area contributed by atoms with Crippen molar-refractivity contribution < 1.29 is 37.8 Å². The largest absolute Gasteiger partial charge is 0.480 e. The van der Waals surface area contributed by atoms with Crippen LogP contribution in [-0.4, -0.2) is 59.1 Å². The summed E-state index contributed by atoms with van der Waals surface area (Å²) in [7, 11) is 0. The van der Waals surface area contributed by atoms with Crippen LogP contribution in [0.2, 0.25) is 0 Å². The number of carbonyl (C=O) groups is 4. The molecule has 1 fully saturated rings. The summed E-state index contributed by atoms with van der Waals surface area (Å²) in [6.45, 7) is -0.104. The molecule has 0 radical (unpaired) electrons. The second kappa shape index (κ2) is 9.46. The quantitative estimate of drug-likeness (QED) is 0.567. The number of benzene rings is 2. The van der Waals surface area contributed by atoms with Crippen molar-refractivity contribution in [3.05, 3.63) is 59.7 Å². The van der Waals surface area contributed by atoms with Crippen molar-refractivity contribution in [3.63, 3.8) is 0 Å². The Balaban J connectivity index is 1.46. The number of hydrogen-bond donors (Lipinski definition) is 3. The Kier molecular flexibility index (Phi) is 6.44. The number of hydrazine groups is 1. The zero-order chi connectivity index (χ0) is 24.4. The highest BCUT2D eigenvalue weighted by atomic mass is 19.3. The van der Waals surface area contributed by atoms with Crippen LogP contribution in [0, 0.1) is 0 Å². The topological polar surface area (TPSA) is 125 Å². The first kappa shape index (κ1) is 23.1. The number of nitrogens with zero attached hydrogens (tertiary/aromatic N) is 1. The molecule has 1 aliphatic carbocycles. The van der Waals surface area contributed by atoms with Crippen molar-refractivity contribution in [1.29, 1.82) is 0 Å². The zero-order valence-corrected chi connectivity index (χ0v) is 17.7. The summed E-state index contributed by atoms with van der Waals surface area (Å²) in [5.74, 6) is -3.69. The van der Waals surface area contributed by atoms with Gasteiger partial charge in [0, 0.05) is 12.3 Å². The Hall–Kier alpha value is -4.02. The zero-order valence-electron chi connectivity index (χ0n) is 17.7. The summed E-state index contributed by atoms with van der Waals surface area (Å²) in [6.07, 6.45) is -5.70. The number of nitrogens with one attached hydrogen (secondary N) is 2. The maximum Gasteiger partial charge on any atom is 0.407 e. The number of aliphatic carboxylic acids is 1. The first-order valence-electron chi connectivity index (χ1n) is 10.5. The van der Waals surface area contributed by atoms with Crippen LogP contribution >= 0.6 is 0 Å². The van der Waals surface area contributed by atoms with E-state index >= 15 is 0 Å². The highest BCUT2D eigenvalue weighted by Gasteiger charge is 2.42. The second-order valence-corrected chi connectivity index (χ2v) is 7.95. The molecule has 2 aromatic carbocycles. The van der Waals surface area contributed by atoms with Gasteiger partial charge in [-0.25, -0.2) is 23.4 Å². The van der Waals surface area contributed by atoms with Gasteiger partial charge in [0.15, 0.2) is 6.04 Å². The Morgan fingerprint density at radius 1 is 1.09 bits per heavy atom. The van der Waals surface area contributed by atoms with E-state index in [0.717, 1.165) is 22.3 Å². The maximum absolute atomic E-state index is 13.1. The van der Waals surface area contributed by atoms with E-state index in [2.05, 4.69) is 5.32 Å². The number of rotatable bonds is 7. The lowest BCUT2D eigenvalue weighted by Crippen LogP contribution is -2.55. The molecular weight excluding hydrogens is 452 g/mol. The van der Waals surface area contributed by atoms with Crippen LogP contribution in [0.5, 0.6) is 0 Å². The van der Waals surface area contributed by atoms with E-state index in [9.17, 15) is 33.1 Å². The summed E-state index contributed by atoms with van der Waals surface area (Å²) in [5.41, 5.74) is 5.93. The van der Waals surface area contributed by atoms with Gasteiger partial charge in [-0.2, -0.15) is 0 Å². The van der Waals surface area contributed by atoms with Crippen molar-refractivity contribution in [3.8, 4) is 11.1 Å². The van der Waals surface area contributed by atoms with E-state index in [1.54, 1.807) is 0 Å². The van der Waals surface area contributed by atoms with E-state index in [1.165, 1.54) is 0 Å². The molecule has 0 saturated carbocycles. The van der Waals surface area contributed by atoms with Crippen molar-refractivity contribution in [1.82, 2.24) is 15.8 Å². The highest BCUT2D eigenvalue weighted by Crippen LogP contribution is 2.44. The van der Waals surface area contributed by atoms with E-state index < -0.39 is 55.2 Å². The molecule has 4 rings (SSSR count). The van der Waals surface area contributed by atoms with Crippen molar-refractivity contribution >= 4 is 23.9 Å². The molecule has 0 bridgehead atoms. The number of alkyl carbamates (subject to hydrolysis) is 1. The fourth-order valence-corrected chi connectivity index (χ4v) is 4.28. The number of carboxylic acid groups (broad SMARTS) is 1. The van der Waals surface area contributed by atoms with Gasteiger partial charge in [-0.1, -0.05) is 48.5 Å². The molecule has 11 heteroatoms. The predicted octanol–water partition coefficient (Wildman–Crippen LogP) is 2.27. The molecule has 0 aromatic heterocycles. The molecule has 2 unspecified atom stereocenters. The van der Waals surface area contributed by atoms with Gasteiger partial charge < -0.3 is 15.2 Å². The van der Waals surface area contributed by atoms with Crippen LogP contribution in [0.25, 0.3) is 11.1 Å². The number of halogens is 2. The van der Waals surface area contributed by atoms with Crippen LogP contribution in [0.1, 0.15) is 29.9 Å². The summed E-state index contributed by atoms with van der Waals surface area (Å²) >= 11 is 0. The molecule has 0 spiro atoms. The summed E-state index contributed by atoms with van der Waals surface area (Å²) in [4.78, 5) is 48.1. The van der Waals surface area contributed by atoms with Gasteiger partial charge >= 0.3 is 12.1 Å². The van der Waals surface area contributed by atoms with Gasteiger partial charge in [-0.15, -0.1) is 0 Å². The maximum atomic E-state index is 13.1. The summed E-state index contributed by atoms with van der Waals surface area (Å²) in [6, 6.07) is 11.9. The number of carboxylic acids is 1. The minimum absolute atomic E-state index is 0.104. The van der Waals surface area contributed by atoms with E-state index in [4.69, 9.17) is 4.74 Å². The van der Waals surface area contributed by atoms with Gasteiger partial charge in [0.2, 0.25) is 12.3 Å². The van der Waals surface area contributed by atoms with E-state index in [-0.39, 0.29) is 12.5 Å². The smallest absolute Gasteiger partial charge is 0.407 e. The molecule has 9 nitrogen and oxygen atoms in total. The Bertz CT molecular complexity index is 1100. The third-order valence-electron chi connectivity index (χ3n) is 5.81. The fraction of sp³-hybridized carbons (Fsp3) is 0.304. The predicted molar refractivity (Wildman–Crippen MR) is 114 cm³/mol. The minimum Gasteiger partial charge on any atom is -0.480 e. The van der Waals surface area contributed by atoms with Crippen LogP contribution in [0.4, 0.5) is 13.6 Å².